The van der Waals surface area contributed by atoms with Gasteiger partial charge in [0.25, 0.3) is 0 Å². The smallest absolute Gasteiger partial charge is 0.353 e. The van der Waals surface area contributed by atoms with Crippen LogP contribution < -0.4 is 10.6 Å². The summed E-state index contributed by atoms with van der Waals surface area (Å²) < 4.78 is 1.08. The van der Waals surface area contributed by atoms with Crippen LogP contribution in [-0.4, -0.2) is 20.9 Å². The Kier molecular flexibility index (Phi) is 5.47. The van der Waals surface area contributed by atoms with Crippen LogP contribution in [0.1, 0.15) is 20.3 Å². The molecule has 0 spiro atoms. The van der Waals surface area contributed by atoms with Crippen molar-refractivity contribution in [2.75, 3.05) is 10.6 Å². The minimum Gasteiger partial charge on any atom is -0.362 e. The minimum absolute atomic E-state index is 0.0831. The Bertz CT molecular complexity index is 663. The number of nitrogens with zero attached hydrogens (tertiary/aromatic N) is 3. The first-order valence-electron chi connectivity index (χ1n) is 6.79. The van der Waals surface area contributed by atoms with E-state index in [1.807, 2.05) is 38.1 Å². The average Bonchev–Trinajstić information content (AvgIpc) is 2.49. The Hall–Kier alpha value is -1.97. The van der Waals surface area contributed by atoms with Gasteiger partial charge in [-0.15, -0.1) is 0 Å². The van der Waals surface area contributed by atoms with Crippen molar-refractivity contribution in [3.63, 3.8) is 0 Å². The van der Waals surface area contributed by atoms with Crippen LogP contribution in [0.2, 0.25) is 0 Å². The Labute approximate surface area is 141 Å². The van der Waals surface area contributed by atoms with Crippen LogP contribution in [0.3, 0.4) is 0 Å². The van der Waals surface area contributed by atoms with Gasteiger partial charge < -0.3 is 10.6 Å². The van der Waals surface area contributed by atoms with E-state index in [1.54, 1.807) is 0 Å². The number of anilines is 3. The van der Waals surface area contributed by atoms with Gasteiger partial charge in [0, 0.05) is 15.3 Å². The minimum atomic E-state index is -0.472. The first kappa shape index (κ1) is 16.4. The second-order valence-corrected chi connectivity index (χ2v) is 6.01. The maximum Gasteiger partial charge on any atom is 0.353 e. The molecule has 0 amide bonds. The molecule has 0 bridgehead atoms. The quantitative estimate of drug-likeness (QED) is 0.423. The molecule has 22 heavy (non-hydrogen) atoms. The van der Waals surface area contributed by atoms with Gasteiger partial charge in [-0.05, 0) is 60.2 Å². The van der Waals surface area contributed by atoms with E-state index in [9.17, 15) is 10.1 Å². The van der Waals surface area contributed by atoms with Crippen molar-refractivity contribution in [2.45, 2.75) is 26.3 Å². The maximum atomic E-state index is 11.4. The fourth-order valence-corrected chi connectivity index (χ4v) is 2.11. The van der Waals surface area contributed by atoms with E-state index in [0.29, 0.717) is 0 Å². The fourth-order valence-electron chi connectivity index (χ4n) is 1.75. The predicted octanol–water partition coefficient (Wildman–Crippen LogP) is 3.94. The molecule has 8 heteroatoms. The summed E-state index contributed by atoms with van der Waals surface area (Å²) in [4.78, 5) is 18.9. The van der Waals surface area contributed by atoms with Gasteiger partial charge in [-0.25, -0.2) is 9.97 Å². The van der Waals surface area contributed by atoms with Crippen LogP contribution in [0, 0.1) is 13.7 Å². The first-order chi connectivity index (χ1) is 10.5. The third kappa shape index (κ3) is 4.03. The van der Waals surface area contributed by atoms with Crippen LogP contribution in [0.25, 0.3) is 0 Å². The monoisotopic (exact) mass is 413 g/mol. The van der Waals surface area contributed by atoms with E-state index in [0.717, 1.165) is 15.7 Å². The standard InChI is InChI=1S/C14H16IN5O2/c1-3-9(2)18-13-12(20(21)22)14(17-8-16-13)19-11-6-4-10(15)5-7-11/h4-9H,3H2,1-2H3,(H2,16,17,18,19). The van der Waals surface area contributed by atoms with Gasteiger partial charge in [-0.1, -0.05) is 6.92 Å². The Morgan fingerprint density at radius 1 is 1.27 bits per heavy atom. The SMILES string of the molecule is CCC(C)Nc1ncnc(Nc2ccc(I)cc2)c1[N+](=O)[O-]. The highest BCUT2D eigenvalue weighted by molar-refractivity contribution is 14.1. The summed E-state index contributed by atoms with van der Waals surface area (Å²) in [5.41, 5.74) is 0.582. The summed E-state index contributed by atoms with van der Waals surface area (Å²) in [6.45, 7) is 3.94. The first-order valence-corrected chi connectivity index (χ1v) is 7.87. The summed E-state index contributed by atoms with van der Waals surface area (Å²) in [5.74, 6) is 0.398. The van der Waals surface area contributed by atoms with Crippen molar-refractivity contribution in [1.82, 2.24) is 9.97 Å². The van der Waals surface area contributed by atoms with Crippen LogP contribution >= 0.6 is 22.6 Å². The lowest BCUT2D eigenvalue weighted by atomic mass is 10.2. The molecule has 116 valence electrons. The second kappa shape index (κ2) is 7.34. The lowest BCUT2D eigenvalue weighted by molar-refractivity contribution is -0.383. The van der Waals surface area contributed by atoms with Crippen molar-refractivity contribution in [3.8, 4) is 0 Å². The van der Waals surface area contributed by atoms with Gasteiger partial charge in [-0.2, -0.15) is 0 Å². The van der Waals surface area contributed by atoms with E-state index in [4.69, 9.17) is 0 Å². The van der Waals surface area contributed by atoms with Crippen LogP contribution in [0.4, 0.5) is 23.0 Å². The fraction of sp³-hybridized carbons (Fsp3) is 0.286. The molecule has 7 nitrogen and oxygen atoms in total. The second-order valence-electron chi connectivity index (χ2n) is 4.76. The predicted molar refractivity (Wildman–Crippen MR) is 94.5 cm³/mol. The van der Waals surface area contributed by atoms with E-state index >= 15 is 0 Å². The van der Waals surface area contributed by atoms with E-state index in [-0.39, 0.29) is 23.4 Å². The number of hydrogen-bond donors (Lipinski definition) is 2. The largest absolute Gasteiger partial charge is 0.362 e. The van der Waals surface area contributed by atoms with Gasteiger partial charge in [-0.3, -0.25) is 10.1 Å². The number of hydrogen-bond acceptors (Lipinski definition) is 6. The zero-order valence-corrected chi connectivity index (χ0v) is 14.4. The van der Waals surface area contributed by atoms with E-state index in [1.165, 1.54) is 6.33 Å². The molecular formula is C14H16IN5O2. The molecule has 2 aromatic rings. The van der Waals surface area contributed by atoms with Gasteiger partial charge in [0.05, 0.1) is 4.92 Å². The summed E-state index contributed by atoms with van der Waals surface area (Å²) in [7, 11) is 0. The van der Waals surface area contributed by atoms with Crippen molar-refractivity contribution in [1.29, 1.82) is 0 Å². The van der Waals surface area contributed by atoms with Gasteiger partial charge >= 0.3 is 5.69 Å². The molecule has 0 saturated heterocycles. The zero-order chi connectivity index (χ0) is 16.1. The molecule has 1 atom stereocenters. The highest BCUT2D eigenvalue weighted by Gasteiger charge is 2.23. The summed E-state index contributed by atoms with van der Waals surface area (Å²) >= 11 is 2.20. The van der Waals surface area contributed by atoms with Gasteiger partial charge in [0.2, 0.25) is 11.6 Å². The number of halogens is 1. The molecule has 0 radical (unpaired) electrons. The molecule has 1 aromatic carbocycles. The average molecular weight is 413 g/mol. The summed E-state index contributed by atoms with van der Waals surface area (Å²) in [5, 5.41) is 17.4. The molecule has 2 rings (SSSR count). The molecule has 1 aromatic heterocycles. The molecule has 0 saturated carbocycles. The molecular weight excluding hydrogens is 397 g/mol. The zero-order valence-electron chi connectivity index (χ0n) is 12.2. The number of nitro groups is 1. The third-order valence-electron chi connectivity index (χ3n) is 3.11. The van der Waals surface area contributed by atoms with Gasteiger partial charge in [0.15, 0.2) is 0 Å². The Morgan fingerprint density at radius 2 is 1.91 bits per heavy atom. The molecule has 1 unspecified atom stereocenters. The molecule has 0 fully saturated rings. The molecule has 0 aliphatic heterocycles. The summed E-state index contributed by atoms with van der Waals surface area (Å²) in [6.07, 6.45) is 2.15. The lowest BCUT2D eigenvalue weighted by Crippen LogP contribution is -2.16. The van der Waals surface area contributed by atoms with Crippen molar-refractivity contribution in [2.24, 2.45) is 0 Å². The van der Waals surface area contributed by atoms with E-state index < -0.39 is 4.92 Å². The third-order valence-corrected chi connectivity index (χ3v) is 3.83. The maximum absolute atomic E-state index is 11.4. The van der Waals surface area contributed by atoms with Crippen LogP contribution in [-0.2, 0) is 0 Å². The molecule has 1 heterocycles. The van der Waals surface area contributed by atoms with Crippen LogP contribution in [0.15, 0.2) is 30.6 Å². The highest BCUT2D eigenvalue weighted by Crippen LogP contribution is 2.31. The number of aromatic nitrogens is 2. The number of benzene rings is 1. The van der Waals surface area contributed by atoms with E-state index in [2.05, 4.69) is 43.2 Å². The Morgan fingerprint density at radius 3 is 2.50 bits per heavy atom. The molecule has 2 N–H and O–H groups in total. The number of nitrogens with one attached hydrogen (secondary N) is 2. The normalized spacial score (nSPS) is 11.8. The molecule has 0 aliphatic rings. The Balaban J connectivity index is 2.36. The topological polar surface area (TPSA) is 93.0 Å². The van der Waals surface area contributed by atoms with Crippen molar-refractivity contribution in [3.05, 3.63) is 44.3 Å². The van der Waals surface area contributed by atoms with Gasteiger partial charge in [0.1, 0.15) is 6.33 Å². The highest BCUT2D eigenvalue weighted by atomic mass is 127. The van der Waals surface area contributed by atoms with Crippen molar-refractivity contribution < 1.29 is 4.92 Å². The summed E-state index contributed by atoms with van der Waals surface area (Å²) in [6, 6.07) is 7.59. The molecule has 0 aliphatic carbocycles. The lowest BCUT2D eigenvalue weighted by Gasteiger charge is -2.13. The number of rotatable bonds is 6. The van der Waals surface area contributed by atoms with Crippen LogP contribution in [0.5, 0.6) is 0 Å². The van der Waals surface area contributed by atoms with Crippen molar-refractivity contribution >= 4 is 45.6 Å².